The molecule has 112 valence electrons. The lowest BCUT2D eigenvalue weighted by Crippen LogP contribution is -2.62. The highest BCUT2D eigenvalue weighted by molar-refractivity contribution is 8.39. The SMILES string of the molecule is COC(=O)C1(C(=O)OC)SC(C(=O)OC)(C(=O)OC)S1. The van der Waals surface area contributed by atoms with Gasteiger partial charge in [-0.15, -0.1) is 0 Å². The Morgan fingerprint density at radius 3 is 0.950 bits per heavy atom. The molecule has 1 aliphatic rings. The summed E-state index contributed by atoms with van der Waals surface area (Å²) < 4.78 is 14.3. The first-order valence-corrected chi connectivity index (χ1v) is 6.72. The number of carbonyl (C=O) groups excluding carboxylic acids is 4. The summed E-state index contributed by atoms with van der Waals surface area (Å²) in [5, 5.41) is 0. The number of methoxy groups -OCH3 is 4. The maximum Gasteiger partial charge on any atom is 0.344 e. The van der Waals surface area contributed by atoms with Crippen LogP contribution >= 0.6 is 23.5 Å². The van der Waals surface area contributed by atoms with Gasteiger partial charge in [-0.05, 0) is 0 Å². The Bertz CT molecular complexity index is 378. The summed E-state index contributed by atoms with van der Waals surface area (Å²) in [6.07, 6.45) is 0. The molecule has 0 aromatic carbocycles. The Kier molecular flexibility index (Phi) is 4.92. The third-order valence-corrected chi connectivity index (χ3v) is 5.87. The molecule has 20 heavy (non-hydrogen) atoms. The van der Waals surface area contributed by atoms with Gasteiger partial charge in [0.2, 0.25) is 0 Å². The second-order valence-corrected chi connectivity index (χ2v) is 6.78. The molecule has 0 spiro atoms. The Balaban J connectivity index is 3.16. The summed E-state index contributed by atoms with van der Waals surface area (Å²) >= 11 is 0.928. The smallest absolute Gasteiger partial charge is 0.344 e. The predicted octanol–water partition coefficient (Wildman–Crippen LogP) is -0.449. The molecule has 0 aliphatic carbocycles. The Labute approximate surface area is 122 Å². The van der Waals surface area contributed by atoms with Gasteiger partial charge >= 0.3 is 23.9 Å². The molecule has 1 rings (SSSR count). The van der Waals surface area contributed by atoms with E-state index in [-0.39, 0.29) is 0 Å². The summed E-state index contributed by atoms with van der Waals surface area (Å²) in [5.41, 5.74) is 0. The van der Waals surface area contributed by atoms with Crippen LogP contribution in [-0.4, -0.2) is 60.5 Å². The Hall–Kier alpha value is -1.42. The molecule has 0 amide bonds. The van der Waals surface area contributed by atoms with Crippen LogP contribution in [0.25, 0.3) is 0 Å². The fourth-order valence-corrected chi connectivity index (χ4v) is 4.86. The molecule has 0 atom stereocenters. The number of carbonyl (C=O) groups is 4. The van der Waals surface area contributed by atoms with Gasteiger partial charge in [-0.3, -0.25) is 0 Å². The zero-order valence-corrected chi connectivity index (χ0v) is 12.7. The maximum absolute atomic E-state index is 11.8. The molecule has 0 radical (unpaired) electrons. The van der Waals surface area contributed by atoms with Crippen LogP contribution in [0.3, 0.4) is 0 Å². The highest BCUT2D eigenvalue weighted by Crippen LogP contribution is 2.66. The largest absolute Gasteiger partial charge is 0.467 e. The maximum atomic E-state index is 11.8. The predicted molar refractivity (Wildman–Crippen MR) is 68.7 cm³/mol. The summed E-state index contributed by atoms with van der Waals surface area (Å²) in [6, 6.07) is 0. The third kappa shape index (κ3) is 2.22. The monoisotopic (exact) mass is 324 g/mol. The van der Waals surface area contributed by atoms with Gasteiger partial charge < -0.3 is 18.9 Å². The number of hydrogen-bond acceptors (Lipinski definition) is 10. The zero-order chi connectivity index (χ0) is 15.6. The van der Waals surface area contributed by atoms with Crippen molar-refractivity contribution >= 4 is 47.4 Å². The molecule has 8 nitrogen and oxygen atoms in total. The van der Waals surface area contributed by atoms with Crippen molar-refractivity contribution in [3.8, 4) is 0 Å². The average Bonchev–Trinajstić information content (AvgIpc) is 2.44. The molecule has 0 aromatic heterocycles. The molecule has 0 saturated carbocycles. The Morgan fingerprint density at radius 1 is 0.600 bits per heavy atom. The lowest BCUT2D eigenvalue weighted by molar-refractivity contribution is -0.153. The van der Waals surface area contributed by atoms with Gasteiger partial charge in [-0.2, -0.15) is 0 Å². The van der Waals surface area contributed by atoms with Crippen LogP contribution in [0.4, 0.5) is 0 Å². The molecule has 0 N–H and O–H groups in total. The summed E-state index contributed by atoms with van der Waals surface area (Å²) in [5.74, 6) is -3.77. The van der Waals surface area contributed by atoms with Gasteiger partial charge in [0.15, 0.2) is 0 Å². The summed E-state index contributed by atoms with van der Waals surface area (Å²) in [4.78, 5) is 47.0. The van der Waals surface area contributed by atoms with Gasteiger partial charge in [0.25, 0.3) is 8.16 Å². The average molecular weight is 324 g/mol. The van der Waals surface area contributed by atoms with Gasteiger partial charge in [0.1, 0.15) is 0 Å². The lowest BCUT2D eigenvalue weighted by atomic mass is 10.4. The zero-order valence-electron chi connectivity index (χ0n) is 11.1. The van der Waals surface area contributed by atoms with Gasteiger partial charge in [-0.25, -0.2) is 19.2 Å². The van der Waals surface area contributed by atoms with Crippen molar-refractivity contribution in [3.05, 3.63) is 0 Å². The Morgan fingerprint density at radius 2 is 0.800 bits per heavy atom. The van der Waals surface area contributed by atoms with Crippen molar-refractivity contribution in [2.75, 3.05) is 28.4 Å². The molecular weight excluding hydrogens is 312 g/mol. The normalized spacial score (nSPS) is 18.2. The standard InChI is InChI=1S/C10H12O8S2/c1-15-5(11)9(6(12)16-2)19-10(20-9,7(13)17-3)8(14)18-4/h1-4H3. The molecule has 0 unspecified atom stereocenters. The molecular formula is C10H12O8S2. The molecule has 1 heterocycles. The number of esters is 4. The van der Waals surface area contributed by atoms with Crippen molar-refractivity contribution < 1.29 is 38.1 Å². The molecule has 0 bridgehead atoms. The van der Waals surface area contributed by atoms with Crippen LogP contribution in [0, 0.1) is 0 Å². The molecule has 1 fully saturated rings. The van der Waals surface area contributed by atoms with E-state index >= 15 is 0 Å². The fourth-order valence-electron chi connectivity index (χ4n) is 1.45. The quantitative estimate of drug-likeness (QED) is 0.383. The van der Waals surface area contributed by atoms with Gasteiger partial charge in [0.05, 0.1) is 28.4 Å². The first kappa shape index (κ1) is 16.6. The van der Waals surface area contributed by atoms with E-state index in [9.17, 15) is 19.2 Å². The fraction of sp³-hybridized carbons (Fsp3) is 0.600. The summed E-state index contributed by atoms with van der Waals surface area (Å²) in [7, 11) is 4.30. The van der Waals surface area contributed by atoms with Crippen LogP contribution in [-0.2, 0) is 38.1 Å². The number of rotatable bonds is 4. The van der Waals surface area contributed by atoms with Crippen LogP contribution in [0.1, 0.15) is 0 Å². The van der Waals surface area contributed by atoms with Crippen molar-refractivity contribution in [3.63, 3.8) is 0 Å². The summed E-state index contributed by atoms with van der Waals surface area (Å²) in [6.45, 7) is 0. The van der Waals surface area contributed by atoms with E-state index in [1.165, 1.54) is 0 Å². The minimum absolute atomic E-state index is 0.464. The van der Waals surface area contributed by atoms with Crippen molar-refractivity contribution in [2.45, 2.75) is 8.16 Å². The number of ether oxygens (including phenoxy) is 4. The number of hydrogen-bond donors (Lipinski definition) is 0. The molecule has 1 saturated heterocycles. The third-order valence-electron chi connectivity index (χ3n) is 2.39. The second kappa shape index (κ2) is 5.92. The van der Waals surface area contributed by atoms with E-state index < -0.39 is 32.0 Å². The van der Waals surface area contributed by atoms with Crippen molar-refractivity contribution in [2.24, 2.45) is 0 Å². The van der Waals surface area contributed by atoms with Crippen LogP contribution in [0.5, 0.6) is 0 Å². The van der Waals surface area contributed by atoms with E-state index in [0.717, 1.165) is 28.4 Å². The first-order valence-electron chi connectivity index (χ1n) is 5.08. The van der Waals surface area contributed by atoms with E-state index in [0.29, 0.717) is 23.5 Å². The topological polar surface area (TPSA) is 105 Å². The van der Waals surface area contributed by atoms with E-state index in [1.54, 1.807) is 0 Å². The van der Waals surface area contributed by atoms with E-state index in [1.807, 2.05) is 0 Å². The van der Waals surface area contributed by atoms with E-state index in [4.69, 9.17) is 0 Å². The number of thioether (sulfide) groups is 2. The van der Waals surface area contributed by atoms with Gasteiger partial charge in [-0.1, -0.05) is 23.5 Å². The molecule has 10 heteroatoms. The van der Waals surface area contributed by atoms with Crippen molar-refractivity contribution in [1.29, 1.82) is 0 Å². The second-order valence-electron chi connectivity index (χ2n) is 3.40. The van der Waals surface area contributed by atoms with Gasteiger partial charge in [0, 0.05) is 0 Å². The van der Waals surface area contributed by atoms with Crippen LogP contribution < -0.4 is 0 Å². The first-order chi connectivity index (χ1) is 9.34. The minimum atomic E-state index is -1.86. The van der Waals surface area contributed by atoms with Crippen LogP contribution in [0.15, 0.2) is 0 Å². The molecule has 0 aromatic rings. The lowest BCUT2D eigenvalue weighted by Gasteiger charge is -2.45. The van der Waals surface area contributed by atoms with Crippen molar-refractivity contribution in [1.82, 2.24) is 0 Å². The highest BCUT2D eigenvalue weighted by atomic mass is 32.3. The minimum Gasteiger partial charge on any atom is -0.467 e. The van der Waals surface area contributed by atoms with E-state index in [2.05, 4.69) is 18.9 Å². The highest BCUT2D eigenvalue weighted by Gasteiger charge is 2.75. The molecule has 1 aliphatic heterocycles. The van der Waals surface area contributed by atoms with Crippen LogP contribution in [0.2, 0.25) is 0 Å².